The van der Waals surface area contributed by atoms with E-state index in [1.165, 1.54) is 5.56 Å². The SMILES string of the molecule is Cl.N#CC1CNCCC1c1ccccc1. The van der Waals surface area contributed by atoms with Crippen LogP contribution in [0.3, 0.4) is 0 Å². The van der Waals surface area contributed by atoms with Gasteiger partial charge in [-0.2, -0.15) is 5.26 Å². The molecule has 0 amide bonds. The summed E-state index contributed by atoms with van der Waals surface area (Å²) in [4.78, 5) is 0. The van der Waals surface area contributed by atoms with E-state index in [0.29, 0.717) is 5.92 Å². The third-order valence-electron chi connectivity index (χ3n) is 2.88. The molecule has 0 aliphatic carbocycles. The van der Waals surface area contributed by atoms with Crippen LogP contribution in [0.1, 0.15) is 17.9 Å². The van der Waals surface area contributed by atoms with Crippen LogP contribution < -0.4 is 5.32 Å². The molecule has 0 saturated carbocycles. The molecule has 3 heteroatoms. The molecule has 15 heavy (non-hydrogen) atoms. The van der Waals surface area contributed by atoms with E-state index in [9.17, 15) is 0 Å². The number of benzene rings is 1. The minimum Gasteiger partial charge on any atom is -0.315 e. The number of hydrogen-bond acceptors (Lipinski definition) is 2. The monoisotopic (exact) mass is 222 g/mol. The minimum absolute atomic E-state index is 0. The number of nitrogens with zero attached hydrogens (tertiary/aromatic N) is 1. The summed E-state index contributed by atoms with van der Waals surface area (Å²) in [6, 6.07) is 12.8. The van der Waals surface area contributed by atoms with Gasteiger partial charge in [0.15, 0.2) is 0 Å². The second-order valence-electron chi connectivity index (χ2n) is 3.75. The fraction of sp³-hybridized carbons (Fsp3) is 0.417. The number of halogens is 1. The molecular weight excluding hydrogens is 208 g/mol. The molecule has 1 aliphatic heterocycles. The molecule has 1 aromatic carbocycles. The van der Waals surface area contributed by atoms with Crippen LogP contribution in [-0.4, -0.2) is 13.1 Å². The van der Waals surface area contributed by atoms with Crippen molar-refractivity contribution in [2.24, 2.45) is 5.92 Å². The van der Waals surface area contributed by atoms with Crippen molar-refractivity contribution in [2.75, 3.05) is 13.1 Å². The van der Waals surface area contributed by atoms with Crippen molar-refractivity contribution in [1.29, 1.82) is 5.26 Å². The zero-order valence-electron chi connectivity index (χ0n) is 8.52. The van der Waals surface area contributed by atoms with Gasteiger partial charge < -0.3 is 5.32 Å². The highest BCUT2D eigenvalue weighted by molar-refractivity contribution is 5.85. The highest BCUT2D eigenvalue weighted by Gasteiger charge is 2.25. The van der Waals surface area contributed by atoms with E-state index in [0.717, 1.165) is 19.5 Å². The lowest BCUT2D eigenvalue weighted by atomic mass is 9.82. The summed E-state index contributed by atoms with van der Waals surface area (Å²) in [7, 11) is 0. The number of rotatable bonds is 1. The van der Waals surface area contributed by atoms with Gasteiger partial charge in [0, 0.05) is 12.5 Å². The van der Waals surface area contributed by atoms with Crippen LogP contribution >= 0.6 is 12.4 Å². The van der Waals surface area contributed by atoms with Gasteiger partial charge in [0.1, 0.15) is 0 Å². The van der Waals surface area contributed by atoms with E-state index in [1.807, 2.05) is 18.2 Å². The third kappa shape index (κ3) is 2.71. The Morgan fingerprint density at radius 1 is 1.27 bits per heavy atom. The predicted molar refractivity (Wildman–Crippen MR) is 63.0 cm³/mol. The van der Waals surface area contributed by atoms with Crippen LogP contribution in [0.5, 0.6) is 0 Å². The van der Waals surface area contributed by atoms with Gasteiger partial charge in [0.25, 0.3) is 0 Å². The van der Waals surface area contributed by atoms with Gasteiger partial charge in [0.05, 0.1) is 12.0 Å². The van der Waals surface area contributed by atoms with E-state index in [1.54, 1.807) is 0 Å². The lowest BCUT2D eigenvalue weighted by molar-refractivity contribution is 0.388. The summed E-state index contributed by atoms with van der Waals surface area (Å²) < 4.78 is 0. The lowest BCUT2D eigenvalue weighted by Crippen LogP contribution is -2.34. The molecule has 1 N–H and O–H groups in total. The Labute approximate surface area is 96.7 Å². The molecule has 0 bridgehead atoms. The maximum Gasteiger partial charge on any atom is 0.0675 e. The smallest absolute Gasteiger partial charge is 0.0675 e. The molecule has 2 atom stereocenters. The first-order chi connectivity index (χ1) is 6.92. The van der Waals surface area contributed by atoms with Crippen molar-refractivity contribution in [1.82, 2.24) is 5.32 Å². The van der Waals surface area contributed by atoms with Crippen LogP contribution in [0.4, 0.5) is 0 Å². The topological polar surface area (TPSA) is 35.8 Å². The Morgan fingerprint density at radius 2 is 2.00 bits per heavy atom. The first kappa shape index (κ1) is 12.0. The van der Waals surface area contributed by atoms with E-state index in [-0.39, 0.29) is 18.3 Å². The van der Waals surface area contributed by atoms with Crippen LogP contribution in [0.25, 0.3) is 0 Å². The summed E-state index contributed by atoms with van der Waals surface area (Å²) in [6.07, 6.45) is 1.07. The molecule has 1 heterocycles. The molecule has 1 fully saturated rings. The van der Waals surface area contributed by atoms with Gasteiger partial charge in [-0.05, 0) is 18.5 Å². The fourth-order valence-corrected chi connectivity index (χ4v) is 2.09. The zero-order valence-corrected chi connectivity index (χ0v) is 9.33. The van der Waals surface area contributed by atoms with Gasteiger partial charge in [-0.3, -0.25) is 0 Å². The number of nitriles is 1. The van der Waals surface area contributed by atoms with Crippen molar-refractivity contribution in [3.63, 3.8) is 0 Å². The largest absolute Gasteiger partial charge is 0.315 e. The van der Waals surface area contributed by atoms with Crippen molar-refractivity contribution in [3.8, 4) is 6.07 Å². The molecule has 0 spiro atoms. The molecule has 0 aromatic heterocycles. The summed E-state index contributed by atoms with van der Waals surface area (Å²) in [5.41, 5.74) is 1.31. The average Bonchev–Trinajstić information content (AvgIpc) is 2.30. The fourth-order valence-electron chi connectivity index (χ4n) is 2.09. The van der Waals surface area contributed by atoms with E-state index in [4.69, 9.17) is 5.26 Å². The Morgan fingerprint density at radius 3 is 2.67 bits per heavy atom. The molecule has 2 nitrogen and oxygen atoms in total. The molecular formula is C12H15ClN2. The maximum absolute atomic E-state index is 9.03. The molecule has 80 valence electrons. The lowest BCUT2D eigenvalue weighted by Gasteiger charge is -2.27. The van der Waals surface area contributed by atoms with Crippen LogP contribution in [0.15, 0.2) is 30.3 Å². The standard InChI is InChI=1S/C12H14N2.ClH/c13-8-11-9-14-7-6-12(11)10-4-2-1-3-5-10;/h1-5,11-12,14H,6-7,9H2;1H. The van der Waals surface area contributed by atoms with Gasteiger partial charge in [-0.1, -0.05) is 30.3 Å². The zero-order chi connectivity index (χ0) is 9.80. The van der Waals surface area contributed by atoms with E-state index in [2.05, 4.69) is 23.5 Å². The number of hydrogen-bond donors (Lipinski definition) is 1. The van der Waals surface area contributed by atoms with E-state index >= 15 is 0 Å². The van der Waals surface area contributed by atoms with Crippen molar-refractivity contribution < 1.29 is 0 Å². The quantitative estimate of drug-likeness (QED) is 0.792. The number of nitrogens with one attached hydrogen (secondary N) is 1. The molecule has 1 saturated heterocycles. The summed E-state index contributed by atoms with van der Waals surface area (Å²) in [5, 5.41) is 12.3. The Hall–Kier alpha value is -1.04. The predicted octanol–water partition coefficient (Wildman–Crippen LogP) is 2.33. The highest BCUT2D eigenvalue weighted by atomic mass is 35.5. The molecule has 1 aromatic rings. The van der Waals surface area contributed by atoms with Crippen molar-refractivity contribution in [2.45, 2.75) is 12.3 Å². The molecule has 2 unspecified atom stereocenters. The Balaban J connectivity index is 0.00000112. The van der Waals surface area contributed by atoms with Gasteiger partial charge in [-0.15, -0.1) is 12.4 Å². The minimum atomic E-state index is 0. The van der Waals surface area contributed by atoms with Crippen molar-refractivity contribution >= 4 is 12.4 Å². The highest BCUT2D eigenvalue weighted by Crippen LogP contribution is 2.29. The van der Waals surface area contributed by atoms with Crippen LogP contribution in [0.2, 0.25) is 0 Å². The molecule has 0 radical (unpaired) electrons. The second kappa shape index (κ2) is 5.75. The van der Waals surface area contributed by atoms with Crippen LogP contribution in [-0.2, 0) is 0 Å². The van der Waals surface area contributed by atoms with E-state index < -0.39 is 0 Å². The van der Waals surface area contributed by atoms with Gasteiger partial charge in [-0.25, -0.2) is 0 Å². The normalized spacial score (nSPS) is 25.0. The Kier molecular flexibility index (Phi) is 4.61. The van der Waals surface area contributed by atoms with Gasteiger partial charge >= 0.3 is 0 Å². The van der Waals surface area contributed by atoms with Crippen molar-refractivity contribution in [3.05, 3.63) is 35.9 Å². The molecule has 1 aliphatic rings. The Bertz CT molecular complexity index is 331. The summed E-state index contributed by atoms with van der Waals surface area (Å²) >= 11 is 0. The van der Waals surface area contributed by atoms with Crippen LogP contribution in [0, 0.1) is 17.2 Å². The second-order valence-corrected chi connectivity index (χ2v) is 3.75. The van der Waals surface area contributed by atoms with Gasteiger partial charge in [0.2, 0.25) is 0 Å². The third-order valence-corrected chi connectivity index (χ3v) is 2.88. The summed E-state index contributed by atoms with van der Waals surface area (Å²) in [6.45, 7) is 1.85. The average molecular weight is 223 g/mol. The maximum atomic E-state index is 9.03. The number of piperidine rings is 1. The summed E-state index contributed by atoms with van der Waals surface area (Å²) in [5.74, 6) is 0.550. The first-order valence-electron chi connectivity index (χ1n) is 5.07. The molecule has 2 rings (SSSR count). The first-order valence-corrected chi connectivity index (χ1v) is 5.07.